The van der Waals surface area contributed by atoms with E-state index in [4.69, 9.17) is 17.3 Å². The summed E-state index contributed by atoms with van der Waals surface area (Å²) >= 11 is 6.02. The van der Waals surface area contributed by atoms with Crippen LogP contribution in [0.2, 0.25) is 5.02 Å². The first-order valence-electron chi connectivity index (χ1n) is 6.43. The van der Waals surface area contributed by atoms with Crippen LogP contribution in [0.5, 0.6) is 5.75 Å². The van der Waals surface area contributed by atoms with Gasteiger partial charge in [0.25, 0.3) is 5.91 Å². The smallest absolute Gasteiger partial charge is 0.255 e. The van der Waals surface area contributed by atoms with E-state index in [-0.39, 0.29) is 11.7 Å². The summed E-state index contributed by atoms with van der Waals surface area (Å²) in [6.07, 6.45) is 0.745. The average Bonchev–Trinajstić information content (AvgIpc) is 2.36. The monoisotopic (exact) mass is 284 g/mol. The van der Waals surface area contributed by atoms with Gasteiger partial charge in [-0.3, -0.25) is 4.79 Å². The van der Waals surface area contributed by atoms with Crippen LogP contribution in [-0.2, 0) is 0 Å². The van der Waals surface area contributed by atoms with E-state index >= 15 is 0 Å². The lowest BCUT2D eigenvalue weighted by Gasteiger charge is -2.25. The first kappa shape index (κ1) is 15.8. The number of benzene rings is 1. The van der Waals surface area contributed by atoms with Gasteiger partial charge in [0.15, 0.2) is 0 Å². The molecule has 5 heteroatoms. The van der Waals surface area contributed by atoms with Crippen LogP contribution in [0.1, 0.15) is 30.6 Å². The summed E-state index contributed by atoms with van der Waals surface area (Å²) in [4.78, 5) is 14.2. The lowest BCUT2D eigenvalue weighted by atomic mass is 10.1. The van der Waals surface area contributed by atoms with Crippen LogP contribution in [0, 0.1) is 5.92 Å². The molecule has 0 bridgehead atoms. The van der Waals surface area contributed by atoms with Crippen molar-refractivity contribution in [3.05, 3.63) is 28.8 Å². The summed E-state index contributed by atoms with van der Waals surface area (Å²) in [7, 11) is 0. The second-order valence-electron chi connectivity index (χ2n) is 4.95. The molecular weight excluding hydrogens is 264 g/mol. The zero-order chi connectivity index (χ0) is 14.4. The van der Waals surface area contributed by atoms with E-state index in [1.165, 1.54) is 18.2 Å². The second-order valence-corrected chi connectivity index (χ2v) is 5.36. The molecule has 106 valence electrons. The molecule has 0 saturated carbocycles. The molecule has 3 N–H and O–H groups in total. The lowest BCUT2D eigenvalue weighted by Crippen LogP contribution is -2.36. The molecule has 1 aromatic rings. The third kappa shape index (κ3) is 4.73. The molecule has 0 aliphatic heterocycles. The minimum absolute atomic E-state index is 0.0380. The van der Waals surface area contributed by atoms with Crippen LogP contribution in [0.4, 0.5) is 0 Å². The normalized spacial score (nSPS) is 10.8. The Balaban J connectivity index is 2.93. The molecule has 0 unspecified atom stereocenters. The van der Waals surface area contributed by atoms with Gasteiger partial charge in [0.1, 0.15) is 5.75 Å². The van der Waals surface area contributed by atoms with E-state index in [9.17, 15) is 9.90 Å². The van der Waals surface area contributed by atoms with Gasteiger partial charge in [0.2, 0.25) is 0 Å². The standard InChI is InChI=1S/C14H21ClN2O2/c1-10(2)9-17(7-3-6-16)14(19)12-8-11(18)4-5-13(12)15/h4-5,8,10,18H,3,6-7,9,16H2,1-2H3. The highest BCUT2D eigenvalue weighted by Gasteiger charge is 2.19. The molecule has 0 spiro atoms. The predicted molar refractivity (Wildman–Crippen MR) is 77.5 cm³/mol. The first-order valence-corrected chi connectivity index (χ1v) is 6.81. The van der Waals surface area contributed by atoms with Gasteiger partial charge in [0.05, 0.1) is 10.6 Å². The average molecular weight is 285 g/mol. The van der Waals surface area contributed by atoms with Crippen molar-refractivity contribution in [2.75, 3.05) is 19.6 Å². The van der Waals surface area contributed by atoms with Crippen molar-refractivity contribution in [3.8, 4) is 5.75 Å². The van der Waals surface area contributed by atoms with E-state index in [0.717, 1.165) is 6.42 Å². The van der Waals surface area contributed by atoms with Crippen molar-refractivity contribution in [1.82, 2.24) is 4.90 Å². The SMILES string of the molecule is CC(C)CN(CCCN)C(=O)c1cc(O)ccc1Cl. The molecule has 1 aromatic carbocycles. The largest absolute Gasteiger partial charge is 0.508 e. The third-order valence-electron chi connectivity index (χ3n) is 2.69. The molecule has 0 saturated heterocycles. The van der Waals surface area contributed by atoms with Crippen molar-refractivity contribution in [3.63, 3.8) is 0 Å². The van der Waals surface area contributed by atoms with E-state index in [1.807, 2.05) is 13.8 Å². The summed E-state index contributed by atoms with van der Waals surface area (Å²) in [5.41, 5.74) is 5.83. The van der Waals surface area contributed by atoms with Crippen molar-refractivity contribution in [2.45, 2.75) is 20.3 Å². The van der Waals surface area contributed by atoms with Crippen LogP contribution >= 0.6 is 11.6 Å². The summed E-state index contributed by atoms with van der Waals surface area (Å²) in [6, 6.07) is 4.40. The van der Waals surface area contributed by atoms with Gasteiger partial charge < -0.3 is 15.7 Å². The third-order valence-corrected chi connectivity index (χ3v) is 3.01. The molecule has 4 nitrogen and oxygen atoms in total. The highest BCUT2D eigenvalue weighted by Crippen LogP contribution is 2.23. The fourth-order valence-corrected chi connectivity index (χ4v) is 2.04. The van der Waals surface area contributed by atoms with Crippen LogP contribution in [0.25, 0.3) is 0 Å². The number of nitrogens with zero attached hydrogens (tertiary/aromatic N) is 1. The summed E-state index contributed by atoms with van der Waals surface area (Å²) in [5.74, 6) is 0.233. The number of amides is 1. The Bertz CT molecular complexity index is 435. The van der Waals surface area contributed by atoms with Gasteiger partial charge in [-0.05, 0) is 37.1 Å². The van der Waals surface area contributed by atoms with Crippen molar-refractivity contribution in [2.24, 2.45) is 11.7 Å². The Morgan fingerprint density at radius 3 is 2.74 bits per heavy atom. The Hall–Kier alpha value is -1.26. The Labute approximate surface area is 119 Å². The van der Waals surface area contributed by atoms with Gasteiger partial charge >= 0.3 is 0 Å². The number of phenols is 1. The predicted octanol–water partition coefficient (Wildman–Crippen LogP) is 2.49. The van der Waals surface area contributed by atoms with E-state index in [2.05, 4.69) is 0 Å². The zero-order valence-electron chi connectivity index (χ0n) is 11.4. The summed E-state index contributed by atoms with van der Waals surface area (Å²) < 4.78 is 0. The summed E-state index contributed by atoms with van der Waals surface area (Å²) in [6.45, 7) is 5.87. The number of halogens is 1. The number of rotatable bonds is 6. The fourth-order valence-electron chi connectivity index (χ4n) is 1.85. The Morgan fingerprint density at radius 1 is 1.47 bits per heavy atom. The topological polar surface area (TPSA) is 66.6 Å². The molecule has 1 rings (SSSR count). The number of hydrogen-bond acceptors (Lipinski definition) is 3. The van der Waals surface area contributed by atoms with Gasteiger partial charge in [-0.25, -0.2) is 0 Å². The minimum Gasteiger partial charge on any atom is -0.508 e. The quantitative estimate of drug-likeness (QED) is 0.843. The summed E-state index contributed by atoms with van der Waals surface area (Å²) in [5, 5.41) is 9.83. The van der Waals surface area contributed by atoms with Gasteiger partial charge in [-0.15, -0.1) is 0 Å². The Kier molecular flexibility index (Phi) is 6.12. The van der Waals surface area contributed by atoms with Crippen LogP contribution < -0.4 is 5.73 Å². The van der Waals surface area contributed by atoms with Crippen molar-refractivity contribution < 1.29 is 9.90 Å². The van der Waals surface area contributed by atoms with Crippen LogP contribution in [0.3, 0.4) is 0 Å². The fraction of sp³-hybridized carbons (Fsp3) is 0.500. The highest BCUT2D eigenvalue weighted by atomic mass is 35.5. The maximum absolute atomic E-state index is 12.4. The van der Waals surface area contributed by atoms with E-state index < -0.39 is 0 Å². The van der Waals surface area contributed by atoms with E-state index in [0.29, 0.717) is 36.1 Å². The first-order chi connectivity index (χ1) is 8.95. The molecule has 0 atom stereocenters. The lowest BCUT2D eigenvalue weighted by molar-refractivity contribution is 0.0735. The molecule has 19 heavy (non-hydrogen) atoms. The minimum atomic E-state index is -0.164. The van der Waals surface area contributed by atoms with Gasteiger partial charge in [-0.1, -0.05) is 25.4 Å². The molecule has 1 amide bonds. The van der Waals surface area contributed by atoms with E-state index in [1.54, 1.807) is 4.90 Å². The maximum atomic E-state index is 12.4. The molecule has 0 aliphatic rings. The molecule has 0 aliphatic carbocycles. The van der Waals surface area contributed by atoms with Gasteiger partial charge in [-0.2, -0.15) is 0 Å². The molecule has 0 heterocycles. The van der Waals surface area contributed by atoms with Crippen LogP contribution in [-0.4, -0.2) is 35.5 Å². The molecule has 0 fully saturated rings. The molecule has 0 aromatic heterocycles. The zero-order valence-corrected chi connectivity index (χ0v) is 12.2. The number of hydrogen-bond donors (Lipinski definition) is 2. The number of aromatic hydroxyl groups is 1. The Morgan fingerprint density at radius 2 is 2.16 bits per heavy atom. The van der Waals surface area contributed by atoms with Crippen molar-refractivity contribution in [1.29, 1.82) is 0 Å². The maximum Gasteiger partial charge on any atom is 0.255 e. The highest BCUT2D eigenvalue weighted by molar-refractivity contribution is 6.33. The number of carbonyl (C=O) groups excluding carboxylic acids is 1. The second kappa shape index (κ2) is 7.36. The number of phenolic OH excluding ortho intramolecular Hbond substituents is 1. The van der Waals surface area contributed by atoms with Gasteiger partial charge in [0, 0.05) is 13.1 Å². The van der Waals surface area contributed by atoms with Crippen LogP contribution in [0.15, 0.2) is 18.2 Å². The molecule has 0 radical (unpaired) electrons. The number of nitrogens with two attached hydrogens (primary N) is 1. The number of carbonyl (C=O) groups is 1. The van der Waals surface area contributed by atoms with Crippen molar-refractivity contribution >= 4 is 17.5 Å². The molecular formula is C14H21ClN2O2.